The molecule has 2 aliphatic carbocycles. The SMILES string of the molecule is CC1CC(NC(=O)C2CC3CCCCC3N2)C1. The Labute approximate surface area is 104 Å². The predicted molar refractivity (Wildman–Crippen MR) is 67.6 cm³/mol. The largest absolute Gasteiger partial charge is 0.352 e. The second-order valence-corrected chi connectivity index (χ2v) is 6.39. The molecule has 3 rings (SSSR count). The van der Waals surface area contributed by atoms with Crippen molar-refractivity contribution in [2.75, 3.05) is 0 Å². The van der Waals surface area contributed by atoms with Crippen LogP contribution in [0.5, 0.6) is 0 Å². The molecule has 1 amide bonds. The minimum Gasteiger partial charge on any atom is -0.352 e. The van der Waals surface area contributed by atoms with E-state index in [0.717, 1.165) is 18.3 Å². The zero-order chi connectivity index (χ0) is 11.8. The standard InChI is InChI=1S/C14H24N2O/c1-9-6-11(7-9)15-14(17)13-8-10-4-2-3-5-12(10)16-13/h9-13,16H,2-8H2,1H3,(H,15,17). The van der Waals surface area contributed by atoms with Gasteiger partial charge in [-0.05, 0) is 43.9 Å². The van der Waals surface area contributed by atoms with Gasteiger partial charge in [0.2, 0.25) is 5.91 Å². The fraction of sp³-hybridized carbons (Fsp3) is 0.929. The van der Waals surface area contributed by atoms with Gasteiger partial charge < -0.3 is 10.6 Å². The molecule has 1 saturated heterocycles. The summed E-state index contributed by atoms with van der Waals surface area (Å²) in [5.41, 5.74) is 0. The highest BCUT2D eigenvalue weighted by Gasteiger charge is 2.39. The number of carbonyl (C=O) groups is 1. The van der Waals surface area contributed by atoms with E-state index in [9.17, 15) is 4.79 Å². The number of hydrogen-bond acceptors (Lipinski definition) is 2. The summed E-state index contributed by atoms with van der Waals surface area (Å²) < 4.78 is 0. The third kappa shape index (κ3) is 2.35. The molecule has 3 atom stereocenters. The van der Waals surface area contributed by atoms with Crippen LogP contribution in [0.3, 0.4) is 0 Å². The zero-order valence-corrected chi connectivity index (χ0v) is 10.7. The lowest BCUT2D eigenvalue weighted by Crippen LogP contribution is -2.50. The van der Waals surface area contributed by atoms with Crippen LogP contribution < -0.4 is 10.6 Å². The first-order valence-electron chi connectivity index (χ1n) is 7.29. The summed E-state index contributed by atoms with van der Waals surface area (Å²) in [5, 5.41) is 6.74. The number of nitrogens with one attached hydrogen (secondary N) is 2. The maximum Gasteiger partial charge on any atom is 0.237 e. The van der Waals surface area contributed by atoms with Gasteiger partial charge in [0.25, 0.3) is 0 Å². The lowest BCUT2D eigenvalue weighted by Gasteiger charge is -2.34. The molecule has 2 N–H and O–H groups in total. The summed E-state index contributed by atoms with van der Waals surface area (Å²) in [5.74, 6) is 1.83. The van der Waals surface area contributed by atoms with Gasteiger partial charge in [0.15, 0.2) is 0 Å². The Balaban J connectivity index is 1.50. The topological polar surface area (TPSA) is 41.1 Å². The minimum atomic E-state index is 0.0963. The van der Waals surface area contributed by atoms with Gasteiger partial charge in [-0.3, -0.25) is 4.79 Å². The van der Waals surface area contributed by atoms with Crippen LogP contribution in [0.1, 0.15) is 51.9 Å². The molecule has 3 fully saturated rings. The van der Waals surface area contributed by atoms with Crippen molar-refractivity contribution in [3.05, 3.63) is 0 Å². The van der Waals surface area contributed by atoms with Crippen molar-refractivity contribution >= 4 is 5.91 Å². The van der Waals surface area contributed by atoms with Crippen molar-refractivity contribution in [2.45, 2.75) is 70.0 Å². The molecular weight excluding hydrogens is 212 g/mol. The van der Waals surface area contributed by atoms with Gasteiger partial charge in [0.05, 0.1) is 6.04 Å². The molecule has 0 aromatic heterocycles. The molecule has 1 heterocycles. The monoisotopic (exact) mass is 236 g/mol. The summed E-state index contributed by atoms with van der Waals surface area (Å²) in [6.07, 6.45) is 8.70. The Morgan fingerprint density at radius 3 is 2.65 bits per heavy atom. The lowest BCUT2D eigenvalue weighted by molar-refractivity contribution is -0.124. The summed E-state index contributed by atoms with van der Waals surface area (Å²) in [6.45, 7) is 2.25. The van der Waals surface area contributed by atoms with Crippen LogP contribution in [0.25, 0.3) is 0 Å². The Bertz CT molecular complexity index is 285. The van der Waals surface area contributed by atoms with Crippen molar-refractivity contribution in [1.82, 2.24) is 10.6 Å². The van der Waals surface area contributed by atoms with Gasteiger partial charge in [0, 0.05) is 12.1 Å². The van der Waals surface area contributed by atoms with E-state index in [-0.39, 0.29) is 11.9 Å². The van der Waals surface area contributed by atoms with E-state index in [2.05, 4.69) is 17.6 Å². The van der Waals surface area contributed by atoms with Crippen LogP contribution in [-0.4, -0.2) is 24.0 Å². The minimum absolute atomic E-state index is 0.0963. The van der Waals surface area contributed by atoms with Gasteiger partial charge in [0.1, 0.15) is 0 Å². The van der Waals surface area contributed by atoms with E-state index in [1.807, 2.05) is 0 Å². The third-order valence-electron chi connectivity index (χ3n) is 4.90. The molecule has 0 spiro atoms. The van der Waals surface area contributed by atoms with Crippen LogP contribution >= 0.6 is 0 Å². The van der Waals surface area contributed by atoms with Gasteiger partial charge in [-0.15, -0.1) is 0 Å². The van der Waals surface area contributed by atoms with Gasteiger partial charge >= 0.3 is 0 Å². The summed E-state index contributed by atoms with van der Waals surface area (Å²) >= 11 is 0. The first-order valence-corrected chi connectivity index (χ1v) is 7.29. The average molecular weight is 236 g/mol. The summed E-state index contributed by atoms with van der Waals surface area (Å²) in [4.78, 5) is 12.1. The Morgan fingerprint density at radius 1 is 1.18 bits per heavy atom. The lowest BCUT2D eigenvalue weighted by atomic mass is 9.81. The number of rotatable bonds is 2. The Hall–Kier alpha value is -0.570. The van der Waals surface area contributed by atoms with E-state index in [1.54, 1.807) is 0 Å². The molecule has 3 unspecified atom stereocenters. The van der Waals surface area contributed by atoms with Gasteiger partial charge in [-0.1, -0.05) is 19.8 Å². The molecule has 3 nitrogen and oxygen atoms in total. The Morgan fingerprint density at radius 2 is 1.94 bits per heavy atom. The third-order valence-corrected chi connectivity index (χ3v) is 4.90. The molecule has 0 aromatic carbocycles. The maximum absolute atomic E-state index is 12.1. The van der Waals surface area contributed by atoms with Crippen molar-refractivity contribution in [3.63, 3.8) is 0 Å². The second kappa shape index (κ2) is 4.60. The van der Waals surface area contributed by atoms with E-state index >= 15 is 0 Å². The number of amides is 1. The van der Waals surface area contributed by atoms with Crippen LogP contribution in [0.15, 0.2) is 0 Å². The molecule has 2 saturated carbocycles. The summed E-state index contributed by atoms with van der Waals surface area (Å²) in [6, 6.07) is 1.18. The van der Waals surface area contributed by atoms with E-state index in [0.29, 0.717) is 12.1 Å². The molecule has 1 aliphatic heterocycles. The molecule has 3 aliphatic rings. The normalized spacial score (nSPS) is 44.9. The molecule has 0 aromatic rings. The molecule has 0 bridgehead atoms. The van der Waals surface area contributed by atoms with E-state index in [1.165, 1.54) is 38.5 Å². The second-order valence-electron chi connectivity index (χ2n) is 6.39. The maximum atomic E-state index is 12.1. The zero-order valence-electron chi connectivity index (χ0n) is 10.7. The van der Waals surface area contributed by atoms with Crippen molar-refractivity contribution in [2.24, 2.45) is 11.8 Å². The van der Waals surface area contributed by atoms with Crippen LogP contribution in [-0.2, 0) is 4.79 Å². The molecule has 96 valence electrons. The Kier molecular flexibility index (Phi) is 3.12. The number of carbonyl (C=O) groups excluding carboxylic acids is 1. The average Bonchev–Trinajstić information content (AvgIpc) is 2.70. The highest BCUT2D eigenvalue weighted by molar-refractivity contribution is 5.82. The van der Waals surface area contributed by atoms with E-state index < -0.39 is 0 Å². The highest BCUT2D eigenvalue weighted by Crippen LogP contribution is 2.33. The quantitative estimate of drug-likeness (QED) is 0.768. The summed E-state index contributed by atoms with van der Waals surface area (Å²) in [7, 11) is 0. The van der Waals surface area contributed by atoms with Crippen LogP contribution in [0.4, 0.5) is 0 Å². The fourth-order valence-electron chi connectivity index (χ4n) is 3.84. The first kappa shape index (κ1) is 11.5. The van der Waals surface area contributed by atoms with Crippen molar-refractivity contribution in [3.8, 4) is 0 Å². The predicted octanol–water partition coefficient (Wildman–Crippen LogP) is 1.82. The van der Waals surface area contributed by atoms with Crippen LogP contribution in [0.2, 0.25) is 0 Å². The van der Waals surface area contributed by atoms with Gasteiger partial charge in [-0.25, -0.2) is 0 Å². The molecule has 3 heteroatoms. The van der Waals surface area contributed by atoms with E-state index in [4.69, 9.17) is 0 Å². The number of fused-ring (bicyclic) bond motifs is 1. The van der Waals surface area contributed by atoms with Gasteiger partial charge in [-0.2, -0.15) is 0 Å². The molecule has 0 radical (unpaired) electrons. The fourth-order valence-corrected chi connectivity index (χ4v) is 3.84. The van der Waals surface area contributed by atoms with Crippen molar-refractivity contribution < 1.29 is 4.79 Å². The number of hydrogen-bond donors (Lipinski definition) is 2. The highest BCUT2D eigenvalue weighted by atomic mass is 16.2. The molecular formula is C14H24N2O. The molecule has 17 heavy (non-hydrogen) atoms. The smallest absolute Gasteiger partial charge is 0.237 e. The first-order chi connectivity index (χ1) is 8.22. The van der Waals surface area contributed by atoms with Crippen molar-refractivity contribution in [1.29, 1.82) is 0 Å². The van der Waals surface area contributed by atoms with Crippen LogP contribution in [0, 0.1) is 11.8 Å².